The molecular formula is C11H14N4O. The van der Waals surface area contributed by atoms with Crippen molar-refractivity contribution >= 4 is 5.71 Å². The molecule has 2 bridgehead atoms. The number of hydrogen-bond donors (Lipinski definition) is 1. The number of nitriles is 2. The number of fused-ring (bicyclic) bond motifs is 2. The maximum absolute atomic E-state index is 9.04. The molecular weight excluding hydrogens is 204 g/mol. The molecule has 0 aliphatic heterocycles. The second kappa shape index (κ2) is 4.51. The summed E-state index contributed by atoms with van der Waals surface area (Å²) in [7, 11) is 0. The van der Waals surface area contributed by atoms with E-state index >= 15 is 0 Å². The summed E-state index contributed by atoms with van der Waals surface area (Å²) in [4.78, 5) is 1.82. The van der Waals surface area contributed by atoms with Gasteiger partial charge in [0.25, 0.3) is 0 Å². The van der Waals surface area contributed by atoms with E-state index in [4.69, 9.17) is 15.7 Å². The van der Waals surface area contributed by atoms with Crippen LogP contribution in [0.1, 0.15) is 19.3 Å². The molecule has 1 N–H and O–H groups in total. The Morgan fingerprint density at radius 2 is 2.00 bits per heavy atom. The van der Waals surface area contributed by atoms with Gasteiger partial charge in [-0.1, -0.05) is 5.16 Å². The minimum Gasteiger partial charge on any atom is -0.411 e. The number of hydrogen-bond acceptors (Lipinski definition) is 5. The summed E-state index contributed by atoms with van der Waals surface area (Å²) < 4.78 is 0. The summed E-state index contributed by atoms with van der Waals surface area (Å²) in [5.74, 6) is 0.817. The molecule has 2 aliphatic rings. The van der Waals surface area contributed by atoms with Crippen LogP contribution < -0.4 is 0 Å². The molecule has 0 aromatic heterocycles. The molecule has 0 radical (unpaired) electrons. The van der Waals surface area contributed by atoms with Crippen LogP contribution >= 0.6 is 0 Å². The van der Waals surface area contributed by atoms with Crippen molar-refractivity contribution in [2.75, 3.05) is 13.1 Å². The van der Waals surface area contributed by atoms with E-state index < -0.39 is 0 Å². The summed E-state index contributed by atoms with van der Waals surface area (Å²) in [6.45, 7) is 0.445. The van der Waals surface area contributed by atoms with E-state index in [1.165, 1.54) is 0 Å². The SMILES string of the molecule is N#CCN(CC#N)[C@@H]1/C(=N/O)[C@@H]2CC[C@@H]1C2. The highest BCUT2D eigenvalue weighted by Crippen LogP contribution is 2.44. The molecule has 2 fully saturated rings. The van der Waals surface area contributed by atoms with Gasteiger partial charge < -0.3 is 5.21 Å². The quantitative estimate of drug-likeness (QED) is 0.434. The Hall–Kier alpha value is -1.59. The van der Waals surface area contributed by atoms with Crippen molar-refractivity contribution in [3.8, 4) is 12.1 Å². The third kappa shape index (κ3) is 1.64. The molecule has 0 saturated heterocycles. The van der Waals surface area contributed by atoms with E-state index in [2.05, 4.69) is 17.3 Å². The molecule has 3 atom stereocenters. The summed E-state index contributed by atoms with van der Waals surface area (Å²) >= 11 is 0. The molecule has 2 rings (SSSR count). The summed E-state index contributed by atoms with van der Waals surface area (Å²) in [5.41, 5.74) is 0.779. The van der Waals surface area contributed by atoms with Gasteiger partial charge in [0.1, 0.15) is 0 Å². The van der Waals surface area contributed by atoms with Gasteiger partial charge in [0.2, 0.25) is 0 Å². The highest BCUT2D eigenvalue weighted by atomic mass is 16.4. The average molecular weight is 218 g/mol. The van der Waals surface area contributed by atoms with E-state index in [-0.39, 0.29) is 19.1 Å². The van der Waals surface area contributed by atoms with Gasteiger partial charge in [0.05, 0.1) is 37.0 Å². The van der Waals surface area contributed by atoms with E-state index in [1.807, 2.05) is 4.90 Å². The first kappa shape index (κ1) is 10.9. The van der Waals surface area contributed by atoms with Crippen LogP contribution in [0.25, 0.3) is 0 Å². The van der Waals surface area contributed by atoms with Gasteiger partial charge in [-0.3, -0.25) is 4.90 Å². The molecule has 16 heavy (non-hydrogen) atoms. The normalized spacial score (nSPS) is 34.2. The van der Waals surface area contributed by atoms with Crippen LogP contribution in [0.15, 0.2) is 5.16 Å². The van der Waals surface area contributed by atoms with Gasteiger partial charge in [-0.15, -0.1) is 0 Å². The summed E-state index contributed by atoms with van der Waals surface area (Å²) in [6.07, 6.45) is 3.23. The Kier molecular flexibility index (Phi) is 3.07. The van der Waals surface area contributed by atoms with Gasteiger partial charge >= 0.3 is 0 Å². The molecule has 0 aromatic carbocycles. The topological polar surface area (TPSA) is 83.4 Å². The Balaban J connectivity index is 2.18. The second-order valence-corrected chi connectivity index (χ2v) is 4.46. The van der Waals surface area contributed by atoms with Crippen LogP contribution in [0.4, 0.5) is 0 Å². The zero-order chi connectivity index (χ0) is 11.5. The highest BCUT2D eigenvalue weighted by Gasteiger charge is 2.47. The minimum absolute atomic E-state index is 0.00282. The van der Waals surface area contributed by atoms with Gasteiger partial charge in [0, 0.05) is 5.92 Å². The molecule has 0 heterocycles. The molecule has 0 aromatic rings. The van der Waals surface area contributed by atoms with Gasteiger partial charge in [-0.05, 0) is 25.2 Å². The smallest absolute Gasteiger partial charge is 0.0879 e. The van der Waals surface area contributed by atoms with Gasteiger partial charge in [-0.25, -0.2) is 0 Å². The van der Waals surface area contributed by atoms with Crippen LogP contribution in [0.2, 0.25) is 0 Å². The molecule has 84 valence electrons. The van der Waals surface area contributed by atoms with Crippen molar-refractivity contribution in [2.24, 2.45) is 17.0 Å². The Morgan fingerprint density at radius 1 is 1.31 bits per heavy atom. The fourth-order valence-electron chi connectivity index (χ4n) is 3.12. The minimum atomic E-state index is 0.00282. The lowest BCUT2D eigenvalue weighted by Gasteiger charge is -2.31. The molecule has 5 nitrogen and oxygen atoms in total. The van der Waals surface area contributed by atoms with Crippen molar-refractivity contribution in [1.82, 2.24) is 4.90 Å². The van der Waals surface area contributed by atoms with Crippen molar-refractivity contribution in [3.63, 3.8) is 0 Å². The highest BCUT2D eigenvalue weighted by molar-refractivity contribution is 5.94. The Morgan fingerprint density at radius 3 is 2.56 bits per heavy atom. The average Bonchev–Trinajstić information content (AvgIpc) is 2.88. The van der Waals surface area contributed by atoms with E-state index in [0.717, 1.165) is 25.0 Å². The second-order valence-electron chi connectivity index (χ2n) is 4.46. The Labute approximate surface area is 94.6 Å². The van der Waals surface area contributed by atoms with Crippen LogP contribution in [-0.2, 0) is 0 Å². The third-order valence-corrected chi connectivity index (χ3v) is 3.70. The van der Waals surface area contributed by atoms with Crippen LogP contribution in [0, 0.1) is 34.5 Å². The van der Waals surface area contributed by atoms with Crippen molar-refractivity contribution in [2.45, 2.75) is 25.3 Å². The predicted octanol–water partition coefficient (Wildman–Crippen LogP) is 0.964. The molecule has 0 spiro atoms. The first-order valence-corrected chi connectivity index (χ1v) is 5.51. The maximum Gasteiger partial charge on any atom is 0.0879 e. The van der Waals surface area contributed by atoms with Gasteiger partial charge in [-0.2, -0.15) is 10.5 Å². The van der Waals surface area contributed by atoms with Crippen LogP contribution in [-0.4, -0.2) is 35.0 Å². The van der Waals surface area contributed by atoms with Crippen molar-refractivity contribution < 1.29 is 5.21 Å². The molecule has 2 saturated carbocycles. The standard InChI is InChI=1S/C11H14N4O/c12-3-5-15(6-4-13)11-9-2-1-8(7-9)10(11)14-16/h8-9,11,16H,1-2,5-7H2/b14-10+/t8-,9-,11+/m1/s1. The summed E-state index contributed by atoms with van der Waals surface area (Å²) in [5, 5.41) is 29.9. The fraction of sp³-hybridized carbons (Fsp3) is 0.727. The third-order valence-electron chi connectivity index (χ3n) is 3.70. The van der Waals surface area contributed by atoms with E-state index in [0.29, 0.717) is 11.8 Å². The van der Waals surface area contributed by atoms with Crippen molar-refractivity contribution in [3.05, 3.63) is 0 Å². The fourth-order valence-corrected chi connectivity index (χ4v) is 3.12. The maximum atomic E-state index is 9.04. The number of oxime groups is 1. The summed E-state index contributed by atoms with van der Waals surface area (Å²) in [6, 6.07) is 4.15. The lowest BCUT2D eigenvalue weighted by atomic mass is 9.92. The Bertz CT molecular complexity index is 362. The van der Waals surface area contributed by atoms with E-state index in [9.17, 15) is 0 Å². The zero-order valence-electron chi connectivity index (χ0n) is 9.00. The largest absolute Gasteiger partial charge is 0.411 e. The van der Waals surface area contributed by atoms with Crippen LogP contribution in [0.5, 0.6) is 0 Å². The monoisotopic (exact) mass is 218 g/mol. The molecule has 5 heteroatoms. The first-order valence-electron chi connectivity index (χ1n) is 5.51. The predicted molar refractivity (Wildman–Crippen MR) is 56.6 cm³/mol. The first-order chi connectivity index (χ1) is 7.81. The molecule has 0 amide bonds. The number of rotatable bonds is 3. The van der Waals surface area contributed by atoms with Crippen LogP contribution in [0.3, 0.4) is 0 Å². The molecule has 0 unspecified atom stereocenters. The van der Waals surface area contributed by atoms with E-state index in [1.54, 1.807) is 0 Å². The van der Waals surface area contributed by atoms with Crippen molar-refractivity contribution in [1.29, 1.82) is 10.5 Å². The zero-order valence-corrected chi connectivity index (χ0v) is 9.00. The number of nitrogens with zero attached hydrogens (tertiary/aromatic N) is 4. The van der Waals surface area contributed by atoms with Gasteiger partial charge in [0.15, 0.2) is 0 Å². The molecule has 2 aliphatic carbocycles. The lowest BCUT2D eigenvalue weighted by molar-refractivity contribution is 0.232. The lowest BCUT2D eigenvalue weighted by Crippen LogP contribution is -2.45.